The molecule has 0 bridgehead atoms. The van der Waals surface area contributed by atoms with Crippen LogP contribution in [0, 0.1) is 0 Å². The first-order chi connectivity index (χ1) is 7.61. The van der Waals surface area contributed by atoms with Crippen LogP contribution in [0.1, 0.15) is 37.8 Å². The Balaban J connectivity index is 0.000000487. The highest BCUT2D eigenvalue weighted by molar-refractivity contribution is 5.62. The van der Waals surface area contributed by atoms with Crippen molar-refractivity contribution in [1.82, 2.24) is 0 Å². The van der Waals surface area contributed by atoms with Crippen molar-refractivity contribution in [3.8, 4) is 0 Å². The highest BCUT2D eigenvalue weighted by Gasteiger charge is 1.95. The van der Waals surface area contributed by atoms with Gasteiger partial charge in [-0.15, -0.1) is 0 Å². The Morgan fingerprint density at radius 1 is 1.44 bits per heavy atom. The number of hydrogen-bond donors (Lipinski definition) is 1. The fraction of sp³-hybridized carbons (Fsp3) is 0.357. The van der Waals surface area contributed by atoms with Crippen LogP contribution in [0.5, 0.6) is 0 Å². The van der Waals surface area contributed by atoms with Crippen molar-refractivity contribution in [1.29, 1.82) is 0 Å². The van der Waals surface area contributed by atoms with Gasteiger partial charge < -0.3 is 5.11 Å². The Kier molecular flexibility index (Phi) is 7.86. The summed E-state index contributed by atoms with van der Waals surface area (Å²) >= 11 is 0. The minimum absolute atomic E-state index is 0.833. The van der Waals surface area contributed by atoms with Crippen LogP contribution in [0.3, 0.4) is 0 Å². The first-order valence-corrected chi connectivity index (χ1v) is 5.51. The van der Waals surface area contributed by atoms with Crippen LogP contribution in [0.2, 0.25) is 0 Å². The van der Waals surface area contributed by atoms with E-state index in [1.165, 1.54) is 30.4 Å². The number of aryl methyl sites for hydroxylation is 1. The zero-order chi connectivity index (χ0) is 12.4. The molecule has 16 heavy (non-hydrogen) atoms. The molecule has 0 heterocycles. The second-order valence-electron chi connectivity index (χ2n) is 3.53. The van der Waals surface area contributed by atoms with E-state index in [4.69, 9.17) is 9.90 Å². The minimum atomic E-state index is -0.833. The predicted molar refractivity (Wildman–Crippen MR) is 68.5 cm³/mol. The first-order valence-electron chi connectivity index (χ1n) is 5.51. The van der Waals surface area contributed by atoms with Crippen molar-refractivity contribution < 1.29 is 9.90 Å². The van der Waals surface area contributed by atoms with Crippen LogP contribution in [0.25, 0.3) is 6.08 Å². The average molecular weight is 220 g/mol. The number of unbranched alkanes of at least 4 members (excludes halogenated alkanes) is 1. The molecule has 1 aromatic carbocycles. The van der Waals surface area contributed by atoms with Gasteiger partial charge in [0.25, 0.3) is 5.97 Å². The molecule has 0 amide bonds. The first kappa shape index (κ1) is 14.4. The summed E-state index contributed by atoms with van der Waals surface area (Å²) in [4.78, 5) is 9.00. The number of hydrogen-bond acceptors (Lipinski definition) is 1. The van der Waals surface area contributed by atoms with Gasteiger partial charge in [0.1, 0.15) is 0 Å². The molecule has 0 saturated carbocycles. The van der Waals surface area contributed by atoms with E-state index in [1.807, 2.05) is 6.08 Å². The van der Waals surface area contributed by atoms with Gasteiger partial charge in [-0.3, -0.25) is 4.79 Å². The van der Waals surface area contributed by atoms with Crippen molar-refractivity contribution in [2.45, 2.75) is 33.1 Å². The van der Waals surface area contributed by atoms with Crippen molar-refractivity contribution >= 4 is 12.0 Å². The summed E-state index contributed by atoms with van der Waals surface area (Å²) < 4.78 is 0. The summed E-state index contributed by atoms with van der Waals surface area (Å²) in [5.74, 6) is -0.833. The summed E-state index contributed by atoms with van der Waals surface area (Å²) in [6, 6.07) is 8.47. The summed E-state index contributed by atoms with van der Waals surface area (Å²) in [6.07, 6.45) is 5.64. The summed E-state index contributed by atoms with van der Waals surface area (Å²) in [5.41, 5.74) is 2.71. The number of aliphatic carboxylic acids is 1. The zero-order valence-electron chi connectivity index (χ0n) is 10.1. The van der Waals surface area contributed by atoms with Gasteiger partial charge in [0.05, 0.1) is 0 Å². The molecule has 0 saturated heterocycles. The largest absolute Gasteiger partial charge is 0.481 e. The fourth-order valence-corrected chi connectivity index (χ4v) is 1.33. The standard InChI is InChI=1S/C12H16.C2H4O2/c1-3-5-8-12-10-7-6-9-11(12)4-2;1-2(3)4/h4,6-7,9-10H,2-3,5,8H2,1H3;1H3,(H,3,4). The molecule has 88 valence electrons. The molecule has 0 aliphatic heterocycles. The van der Waals surface area contributed by atoms with E-state index in [1.54, 1.807) is 0 Å². The van der Waals surface area contributed by atoms with Crippen LogP contribution in [-0.4, -0.2) is 11.1 Å². The second kappa shape index (κ2) is 8.72. The SMILES string of the molecule is C=Cc1ccccc1CCCC.CC(=O)O. The molecule has 0 aliphatic carbocycles. The van der Waals surface area contributed by atoms with E-state index >= 15 is 0 Å². The average Bonchev–Trinajstić information content (AvgIpc) is 2.26. The monoisotopic (exact) mass is 220 g/mol. The molecule has 1 aromatic rings. The predicted octanol–water partition coefficient (Wildman–Crippen LogP) is 3.76. The molecule has 0 aliphatic rings. The maximum Gasteiger partial charge on any atom is 0.300 e. The van der Waals surface area contributed by atoms with E-state index in [2.05, 4.69) is 37.8 Å². The van der Waals surface area contributed by atoms with Crippen LogP contribution >= 0.6 is 0 Å². The number of carbonyl (C=O) groups is 1. The van der Waals surface area contributed by atoms with Gasteiger partial charge in [0.2, 0.25) is 0 Å². The Morgan fingerprint density at radius 2 is 2.00 bits per heavy atom. The third-order valence-electron chi connectivity index (χ3n) is 2.07. The van der Waals surface area contributed by atoms with E-state index in [9.17, 15) is 0 Å². The number of rotatable bonds is 4. The van der Waals surface area contributed by atoms with E-state index in [0.717, 1.165) is 6.92 Å². The van der Waals surface area contributed by atoms with E-state index < -0.39 is 5.97 Å². The Labute approximate surface area is 97.6 Å². The van der Waals surface area contributed by atoms with Gasteiger partial charge in [-0.1, -0.05) is 50.3 Å². The Bertz CT molecular complexity index is 325. The summed E-state index contributed by atoms with van der Waals surface area (Å²) in [7, 11) is 0. The molecule has 0 unspecified atom stereocenters. The molecule has 0 radical (unpaired) electrons. The summed E-state index contributed by atoms with van der Waals surface area (Å²) in [5, 5.41) is 7.42. The van der Waals surface area contributed by atoms with Crippen molar-refractivity contribution in [2.24, 2.45) is 0 Å². The maximum absolute atomic E-state index is 9.00. The lowest BCUT2D eigenvalue weighted by atomic mass is 10.0. The molecular formula is C14H20O2. The van der Waals surface area contributed by atoms with Gasteiger partial charge >= 0.3 is 0 Å². The Morgan fingerprint density at radius 3 is 2.50 bits per heavy atom. The molecule has 1 rings (SSSR count). The number of carboxylic acids is 1. The highest BCUT2D eigenvalue weighted by Crippen LogP contribution is 2.12. The quantitative estimate of drug-likeness (QED) is 0.838. The molecule has 2 nitrogen and oxygen atoms in total. The number of benzene rings is 1. The van der Waals surface area contributed by atoms with Gasteiger partial charge in [0, 0.05) is 6.92 Å². The van der Waals surface area contributed by atoms with Crippen molar-refractivity contribution in [2.75, 3.05) is 0 Å². The molecule has 0 fully saturated rings. The normalized spacial score (nSPS) is 8.88. The molecule has 0 spiro atoms. The highest BCUT2D eigenvalue weighted by atomic mass is 16.4. The van der Waals surface area contributed by atoms with Crippen molar-refractivity contribution in [3.63, 3.8) is 0 Å². The lowest BCUT2D eigenvalue weighted by Gasteiger charge is -2.03. The summed E-state index contributed by atoms with van der Waals surface area (Å²) in [6.45, 7) is 7.10. The fourth-order valence-electron chi connectivity index (χ4n) is 1.33. The topological polar surface area (TPSA) is 37.3 Å². The zero-order valence-corrected chi connectivity index (χ0v) is 10.1. The lowest BCUT2D eigenvalue weighted by molar-refractivity contribution is -0.134. The van der Waals surface area contributed by atoms with Crippen LogP contribution in [0.4, 0.5) is 0 Å². The van der Waals surface area contributed by atoms with E-state index in [0.29, 0.717) is 0 Å². The second-order valence-corrected chi connectivity index (χ2v) is 3.53. The third kappa shape index (κ3) is 6.82. The molecular weight excluding hydrogens is 200 g/mol. The third-order valence-corrected chi connectivity index (χ3v) is 2.07. The van der Waals surface area contributed by atoms with Crippen molar-refractivity contribution in [3.05, 3.63) is 42.0 Å². The molecule has 0 aromatic heterocycles. The smallest absolute Gasteiger partial charge is 0.300 e. The van der Waals surface area contributed by atoms with Gasteiger partial charge in [-0.25, -0.2) is 0 Å². The molecule has 2 heteroatoms. The van der Waals surface area contributed by atoms with E-state index in [-0.39, 0.29) is 0 Å². The number of carboxylic acid groups (broad SMARTS) is 1. The van der Waals surface area contributed by atoms with Crippen LogP contribution in [0.15, 0.2) is 30.8 Å². The van der Waals surface area contributed by atoms with Crippen LogP contribution in [-0.2, 0) is 11.2 Å². The van der Waals surface area contributed by atoms with Gasteiger partial charge in [-0.05, 0) is 24.0 Å². The minimum Gasteiger partial charge on any atom is -0.481 e. The van der Waals surface area contributed by atoms with Gasteiger partial charge in [-0.2, -0.15) is 0 Å². The molecule has 1 N–H and O–H groups in total. The maximum atomic E-state index is 9.00. The molecule has 0 atom stereocenters. The lowest BCUT2D eigenvalue weighted by Crippen LogP contribution is -1.87. The van der Waals surface area contributed by atoms with Crippen LogP contribution < -0.4 is 0 Å². The van der Waals surface area contributed by atoms with Gasteiger partial charge in [0.15, 0.2) is 0 Å². The Hall–Kier alpha value is -1.57.